The van der Waals surface area contributed by atoms with Crippen molar-refractivity contribution in [1.29, 1.82) is 0 Å². The molecule has 0 aromatic carbocycles. The maximum atomic E-state index is 11.7. The number of piperidine rings is 1. The van der Waals surface area contributed by atoms with E-state index >= 15 is 0 Å². The highest BCUT2D eigenvalue weighted by Gasteiger charge is 2.24. The van der Waals surface area contributed by atoms with Crippen LogP contribution < -0.4 is 10.1 Å². The van der Waals surface area contributed by atoms with Crippen molar-refractivity contribution in [2.75, 3.05) is 26.0 Å². The number of carbonyl (C=O) groups is 1. The molecule has 1 saturated heterocycles. The zero-order valence-electron chi connectivity index (χ0n) is 16.1. The second-order valence-corrected chi connectivity index (χ2v) is 7.11. The number of aromatic amines is 1. The van der Waals surface area contributed by atoms with Crippen LogP contribution in [0.4, 0.5) is 5.95 Å². The number of hydrogen-bond donors (Lipinski definition) is 2. The Labute approximate surface area is 166 Å². The average Bonchev–Trinajstić information content (AvgIpc) is 3.36. The normalized spacial score (nSPS) is 17.2. The molecule has 2 N–H and O–H groups in total. The fraction of sp³-hybridized carbons (Fsp3) is 0.316. The summed E-state index contributed by atoms with van der Waals surface area (Å²) >= 11 is 0. The second kappa shape index (κ2) is 6.73. The SMILES string of the molecule is COc1nc(N[C@H]2CCC(=O)N(C)C2)nc2[nH]cc(-c3cnc4nccn4c3)c12. The molecule has 0 saturated carbocycles. The minimum atomic E-state index is 0.0992. The van der Waals surface area contributed by atoms with Crippen LogP contribution in [0, 0.1) is 0 Å². The summed E-state index contributed by atoms with van der Waals surface area (Å²) in [6.07, 6.45) is 10.4. The molecular weight excluding hydrogens is 372 g/mol. The molecule has 0 aliphatic carbocycles. The van der Waals surface area contributed by atoms with Crippen molar-refractivity contribution < 1.29 is 9.53 Å². The number of fused-ring (bicyclic) bond motifs is 2. The van der Waals surface area contributed by atoms with Gasteiger partial charge in [-0.3, -0.25) is 9.20 Å². The van der Waals surface area contributed by atoms with Gasteiger partial charge in [-0.1, -0.05) is 0 Å². The van der Waals surface area contributed by atoms with Crippen molar-refractivity contribution in [1.82, 2.24) is 34.2 Å². The third kappa shape index (κ3) is 3.02. The van der Waals surface area contributed by atoms with Gasteiger partial charge in [-0.2, -0.15) is 9.97 Å². The number of nitrogens with one attached hydrogen (secondary N) is 2. The van der Waals surface area contributed by atoms with Crippen LogP contribution in [-0.4, -0.2) is 66.9 Å². The van der Waals surface area contributed by atoms with Gasteiger partial charge in [-0.25, -0.2) is 9.97 Å². The zero-order chi connectivity index (χ0) is 20.0. The summed E-state index contributed by atoms with van der Waals surface area (Å²) in [5, 5.41) is 4.11. The molecule has 10 heteroatoms. The van der Waals surface area contributed by atoms with Crippen LogP contribution in [0.2, 0.25) is 0 Å². The molecule has 0 radical (unpaired) electrons. The van der Waals surface area contributed by atoms with Crippen molar-refractivity contribution in [2.45, 2.75) is 18.9 Å². The monoisotopic (exact) mass is 392 g/mol. The summed E-state index contributed by atoms with van der Waals surface area (Å²) in [6.45, 7) is 0.620. The molecule has 4 aromatic heterocycles. The lowest BCUT2D eigenvalue weighted by Crippen LogP contribution is -2.43. The lowest BCUT2D eigenvalue weighted by atomic mass is 10.1. The van der Waals surface area contributed by atoms with Crippen molar-refractivity contribution in [3.8, 4) is 17.0 Å². The quantitative estimate of drug-likeness (QED) is 0.543. The molecule has 10 nitrogen and oxygen atoms in total. The minimum absolute atomic E-state index is 0.0992. The molecule has 0 spiro atoms. The van der Waals surface area contributed by atoms with Gasteiger partial charge in [0.1, 0.15) is 5.65 Å². The summed E-state index contributed by atoms with van der Waals surface area (Å²) in [5.74, 6) is 1.74. The Morgan fingerprint density at radius 2 is 2.21 bits per heavy atom. The highest BCUT2D eigenvalue weighted by molar-refractivity contribution is 5.97. The molecule has 29 heavy (non-hydrogen) atoms. The largest absolute Gasteiger partial charge is 0.480 e. The Morgan fingerprint density at radius 3 is 3.03 bits per heavy atom. The maximum Gasteiger partial charge on any atom is 0.233 e. The average molecular weight is 392 g/mol. The van der Waals surface area contributed by atoms with E-state index in [1.54, 1.807) is 24.4 Å². The zero-order valence-corrected chi connectivity index (χ0v) is 16.1. The van der Waals surface area contributed by atoms with Crippen LogP contribution in [0.1, 0.15) is 12.8 Å². The van der Waals surface area contributed by atoms with Crippen LogP contribution in [0.15, 0.2) is 31.0 Å². The number of anilines is 1. The second-order valence-electron chi connectivity index (χ2n) is 7.11. The molecule has 1 amide bonds. The van der Waals surface area contributed by atoms with Gasteiger partial charge in [0.25, 0.3) is 0 Å². The van der Waals surface area contributed by atoms with E-state index in [0.29, 0.717) is 36.2 Å². The van der Waals surface area contributed by atoms with E-state index in [1.807, 2.05) is 30.0 Å². The van der Waals surface area contributed by atoms with Crippen molar-refractivity contribution in [3.05, 3.63) is 31.0 Å². The Balaban J connectivity index is 1.51. The molecule has 4 aromatic rings. The van der Waals surface area contributed by atoms with Gasteiger partial charge in [-0.15, -0.1) is 0 Å². The number of aromatic nitrogens is 6. The number of hydrogen-bond acceptors (Lipinski definition) is 7. The van der Waals surface area contributed by atoms with Gasteiger partial charge in [0.2, 0.25) is 23.5 Å². The van der Waals surface area contributed by atoms with Crippen molar-refractivity contribution in [2.24, 2.45) is 0 Å². The fourth-order valence-corrected chi connectivity index (χ4v) is 3.71. The molecule has 0 bridgehead atoms. The Hall–Kier alpha value is -3.69. The summed E-state index contributed by atoms with van der Waals surface area (Å²) in [6, 6.07) is 0.0992. The number of nitrogens with zero attached hydrogens (tertiary/aromatic N) is 6. The van der Waals surface area contributed by atoms with E-state index in [0.717, 1.165) is 22.9 Å². The van der Waals surface area contributed by atoms with Gasteiger partial charge >= 0.3 is 0 Å². The summed E-state index contributed by atoms with van der Waals surface area (Å²) in [4.78, 5) is 34.4. The van der Waals surface area contributed by atoms with Crippen LogP contribution in [0.25, 0.3) is 27.9 Å². The molecule has 1 fully saturated rings. The first kappa shape index (κ1) is 17.4. The van der Waals surface area contributed by atoms with Gasteiger partial charge < -0.3 is 19.9 Å². The number of H-pyrrole nitrogens is 1. The fourth-order valence-electron chi connectivity index (χ4n) is 3.71. The summed E-state index contributed by atoms with van der Waals surface area (Å²) < 4.78 is 7.43. The predicted octanol–water partition coefficient (Wildman–Crippen LogP) is 1.71. The third-order valence-electron chi connectivity index (χ3n) is 5.21. The van der Waals surface area contributed by atoms with Gasteiger partial charge in [0, 0.05) is 68.2 Å². The molecule has 1 aliphatic heterocycles. The molecular formula is C19H20N8O2. The molecule has 0 unspecified atom stereocenters. The number of methoxy groups -OCH3 is 1. The number of rotatable bonds is 4. The van der Waals surface area contributed by atoms with Gasteiger partial charge in [-0.05, 0) is 6.42 Å². The smallest absolute Gasteiger partial charge is 0.233 e. The topological polar surface area (TPSA) is 113 Å². The number of imidazole rings is 1. The van der Waals surface area contributed by atoms with E-state index in [4.69, 9.17) is 4.74 Å². The van der Waals surface area contributed by atoms with Crippen molar-refractivity contribution in [3.63, 3.8) is 0 Å². The summed E-state index contributed by atoms with van der Waals surface area (Å²) in [7, 11) is 3.40. The van der Waals surface area contributed by atoms with Crippen LogP contribution in [0.3, 0.4) is 0 Å². The van der Waals surface area contributed by atoms with Gasteiger partial charge in [0.15, 0.2) is 0 Å². The number of likely N-dealkylation sites (N-methyl/N-ethyl adjacent to an activating group) is 1. The highest BCUT2D eigenvalue weighted by Crippen LogP contribution is 2.34. The van der Waals surface area contributed by atoms with Crippen molar-refractivity contribution >= 4 is 28.7 Å². The number of likely N-dealkylation sites (tertiary alicyclic amines) is 1. The van der Waals surface area contributed by atoms with Crippen LogP contribution in [0.5, 0.6) is 5.88 Å². The lowest BCUT2D eigenvalue weighted by molar-refractivity contribution is -0.132. The van der Waals surface area contributed by atoms with E-state index < -0.39 is 0 Å². The van der Waals surface area contributed by atoms with Crippen LogP contribution in [-0.2, 0) is 4.79 Å². The highest BCUT2D eigenvalue weighted by atomic mass is 16.5. The number of ether oxygens (including phenoxy) is 1. The third-order valence-corrected chi connectivity index (χ3v) is 5.21. The first-order valence-electron chi connectivity index (χ1n) is 9.35. The van der Waals surface area contributed by atoms with E-state index in [9.17, 15) is 4.79 Å². The first-order chi connectivity index (χ1) is 14.1. The number of amides is 1. The lowest BCUT2D eigenvalue weighted by Gasteiger charge is -2.30. The molecule has 1 atom stereocenters. The predicted molar refractivity (Wildman–Crippen MR) is 107 cm³/mol. The van der Waals surface area contributed by atoms with E-state index in [-0.39, 0.29) is 11.9 Å². The number of carbonyl (C=O) groups excluding carboxylic acids is 1. The van der Waals surface area contributed by atoms with Crippen LogP contribution >= 0.6 is 0 Å². The standard InChI is InChI=1S/C19H20N8O2/c1-26-10-12(3-4-14(26)28)23-18-24-16-15(17(25-18)29-2)13(8-21-16)11-7-22-19-20-5-6-27(19)9-11/h5-9,12H,3-4,10H2,1-2H3,(H2,21,23,24,25)/t12-/m0/s1. The molecule has 5 rings (SSSR count). The Kier molecular flexibility index (Phi) is 4.04. The van der Waals surface area contributed by atoms with E-state index in [1.165, 1.54) is 0 Å². The first-order valence-corrected chi connectivity index (χ1v) is 9.35. The minimum Gasteiger partial charge on any atom is -0.480 e. The molecule has 5 heterocycles. The Morgan fingerprint density at radius 1 is 1.31 bits per heavy atom. The summed E-state index contributed by atoms with van der Waals surface area (Å²) in [5.41, 5.74) is 2.46. The van der Waals surface area contributed by atoms with Gasteiger partial charge in [0.05, 0.1) is 12.5 Å². The molecule has 148 valence electrons. The Bertz CT molecular complexity index is 1210. The molecule has 1 aliphatic rings. The van der Waals surface area contributed by atoms with E-state index in [2.05, 4.69) is 30.2 Å². The maximum absolute atomic E-state index is 11.7.